The van der Waals surface area contributed by atoms with E-state index in [9.17, 15) is 107 Å². The van der Waals surface area contributed by atoms with Crippen molar-refractivity contribution in [2.24, 2.45) is 9.98 Å². The molecule has 0 unspecified atom stereocenters. The van der Waals surface area contributed by atoms with Crippen molar-refractivity contribution in [3.8, 4) is 34.1 Å². The summed E-state index contributed by atoms with van der Waals surface area (Å²) in [6, 6.07) is 5.54. The van der Waals surface area contributed by atoms with Crippen LogP contribution in [0.4, 0.5) is 161 Å². The van der Waals surface area contributed by atoms with Crippen molar-refractivity contribution in [3.05, 3.63) is 119 Å². The Kier molecular flexibility index (Phi) is 17.8. The quantitative estimate of drug-likeness (QED) is 0.0556. The maximum Gasteiger partial charge on any atom is 0.460 e. The van der Waals surface area contributed by atoms with Crippen molar-refractivity contribution >= 4 is 45.3 Å². The van der Waals surface area contributed by atoms with Crippen molar-refractivity contribution in [3.63, 3.8) is 0 Å². The molecule has 40 heteroatoms. The van der Waals surface area contributed by atoms with E-state index in [4.69, 9.17) is 9.47 Å². The van der Waals surface area contributed by atoms with Crippen LogP contribution in [0, 0.1) is 0 Å². The van der Waals surface area contributed by atoms with Crippen molar-refractivity contribution < 1.29 is 169 Å². The van der Waals surface area contributed by atoms with Crippen molar-refractivity contribution in [1.82, 2.24) is 0 Å². The highest BCUT2D eigenvalue weighted by Gasteiger charge is 2.97. The van der Waals surface area contributed by atoms with Crippen LogP contribution in [0.2, 0.25) is 0 Å². The topological polar surface area (TPSA) is 83.6 Å². The van der Waals surface area contributed by atoms with Gasteiger partial charge >= 0.3 is 95.3 Å². The van der Waals surface area contributed by atoms with Crippen LogP contribution in [0.15, 0.2) is 107 Å². The Balaban J connectivity index is 1.68. The van der Waals surface area contributed by atoms with Crippen LogP contribution in [0.25, 0.3) is 32.7 Å². The Morgan fingerprint density at radius 1 is 0.304 bits per heavy atom. The van der Waals surface area contributed by atoms with Crippen molar-refractivity contribution in [2.45, 2.75) is 95.3 Å². The van der Waals surface area contributed by atoms with Crippen molar-refractivity contribution in [2.75, 3.05) is 14.2 Å². The lowest BCUT2D eigenvalue weighted by atomic mass is 9.85. The van der Waals surface area contributed by atoms with E-state index in [1.165, 1.54) is 0 Å². The zero-order valence-corrected chi connectivity index (χ0v) is 43.8. The monoisotopic (exact) mass is 1390 g/mol. The van der Waals surface area contributed by atoms with Gasteiger partial charge in [0.25, 0.3) is 0 Å². The fourth-order valence-electron chi connectivity index (χ4n) is 8.26. The molecule has 0 bridgehead atoms. The molecule has 0 radical (unpaired) electrons. The first-order chi connectivity index (χ1) is 41.3. The predicted octanol–water partition coefficient (Wildman–Crippen LogP) is 19.5. The summed E-state index contributed by atoms with van der Waals surface area (Å²) in [5.41, 5.74) is -10.1. The van der Waals surface area contributed by atoms with Crippen LogP contribution in [-0.4, -0.2) is 120 Å². The summed E-state index contributed by atoms with van der Waals surface area (Å²) in [6.07, 6.45) is -14.9. The van der Waals surface area contributed by atoms with Crippen LogP contribution < -0.4 is 9.47 Å². The number of benzene rings is 6. The summed E-state index contributed by atoms with van der Waals surface area (Å²) < 4.78 is 498. The highest BCUT2D eigenvalue weighted by molar-refractivity contribution is 6.14. The number of ether oxygens (including phenoxy) is 2. The molecule has 0 amide bonds. The summed E-state index contributed by atoms with van der Waals surface area (Å²) in [6.45, 7) is 0. The molecule has 2 N–H and O–H groups in total. The minimum absolute atomic E-state index is 0.0202. The minimum Gasteiger partial charge on any atom is -0.507 e. The molecule has 0 saturated heterocycles. The van der Waals surface area contributed by atoms with Gasteiger partial charge in [-0.3, -0.25) is 9.98 Å². The summed E-state index contributed by atoms with van der Waals surface area (Å²) in [7, 11) is 2.15. The molecule has 0 atom stereocenters. The number of aliphatic imine (C=N–C) groups is 2. The van der Waals surface area contributed by atoms with E-state index in [0.29, 0.717) is 36.7 Å². The molecule has 0 spiro atoms. The third-order valence-corrected chi connectivity index (χ3v) is 13.6. The van der Waals surface area contributed by atoms with Gasteiger partial charge in [0.05, 0.1) is 25.6 Å². The SMILES string of the molecule is COc1ccc(C=Nc2ccc3cc(C(F)(F)C(F)(F)C(F)(F)C(F)(F)C(F)(F)C(F)(F)C(F)(F)C(F)(F)F)ccc3c2-c2c(N=Cc3ccc(OC)cc3O)ccc3cc(C(F)(F)C(F)(F)C(F)(F)C(F)(F)C(F)(F)C(F)(F)C(F)(F)C(F)(F)F)ccc23)c(O)c1. The van der Waals surface area contributed by atoms with Crippen LogP contribution in [0.1, 0.15) is 22.3 Å². The van der Waals surface area contributed by atoms with E-state index in [-0.39, 0.29) is 23.6 Å². The second kappa shape index (κ2) is 22.4. The lowest BCUT2D eigenvalue weighted by Gasteiger charge is -2.42. The van der Waals surface area contributed by atoms with Crippen LogP contribution in [0.5, 0.6) is 23.0 Å². The zero-order chi connectivity index (χ0) is 70.8. The summed E-state index contributed by atoms with van der Waals surface area (Å²) >= 11 is 0. The third-order valence-electron chi connectivity index (χ3n) is 13.6. The summed E-state index contributed by atoms with van der Waals surface area (Å²) in [5, 5.41) is 16.8. The van der Waals surface area contributed by atoms with Gasteiger partial charge in [0.1, 0.15) is 23.0 Å². The summed E-state index contributed by atoms with van der Waals surface area (Å²) in [5.74, 6) is -122. The van der Waals surface area contributed by atoms with Gasteiger partial charge in [-0.2, -0.15) is 149 Å². The molecule has 0 aliphatic rings. The van der Waals surface area contributed by atoms with Gasteiger partial charge in [-0.05, 0) is 70.1 Å². The molecule has 0 saturated carbocycles. The molecule has 6 aromatic rings. The predicted molar refractivity (Wildman–Crippen MR) is 250 cm³/mol. The molecule has 0 aliphatic carbocycles. The van der Waals surface area contributed by atoms with Crippen LogP contribution in [0.3, 0.4) is 0 Å². The molecule has 6 rings (SSSR count). The van der Waals surface area contributed by atoms with Gasteiger partial charge in [-0.15, -0.1) is 0 Å². The van der Waals surface area contributed by atoms with E-state index in [2.05, 4.69) is 9.98 Å². The smallest absolute Gasteiger partial charge is 0.460 e. The lowest BCUT2D eigenvalue weighted by molar-refractivity contribution is -0.462. The fraction of sp³-hybridized carbons (Fsp3) is 0.346. The molecule has 6 nitrogen and oxygen atoms in total. The maximum absolute atomic E-state index is 15.9. The Hall–Kier alpha value is -8.00. The first kappa shape index (κ1) is 73.1. The first-order valence-electron chi connectivity index (χ1n) is 23.7. The second-order valence-electron chi connectivity index (χ2n) is 19.2. The van der Waals surface area contributed by atoms with Gasteiger partial charge < -0.3 is 19.7 Å². The number of nitrogens with zero attached hydrogens (tertiary/aromatic N) is 2. The van der Waals surface area contributed by atoms with Gasteiger partial charge in [0.15, 0.2) is 0 Å². The van der Waals surface area contributed by atoms with E-state index in [1.807, 2.05) is 0 Å². The van der Waals surface area contributed by atoms with Crippen molar-refractivity contribution in [1.29, 1.82) is 0 Å². The zero-order valence-electron chi connectivity index (χ0n) is 43.8. The number of aromatic hydroxyl groups is 2. The highest BCUT2D eigenvalue weighted by Crippen LogP contribution is 2.68. The second-order valence-corrected chi connectivity index (χ2v) is 19.2. The minimum atomic E-state index is -9.05. The van der Waals surface area contributed by atoms with Gasteiger partial charge in [-0.1, -0.05) is 36.4 Å². The molecular weight excluding hydrogens is 1360 g/mol. The Labute approximate surface area is 486 Å². The molecule has 506 valence electrons. The molecule has 0 fully saturated rings. The molecule has 92 heavy (non-hydrogen) atoms. The number of phenolic OH excluding ortho intramolecular Hbond substituents is 2. The lowest BCUT2D eigenvalue weighted by Crippen LogP contribution is -2.74. The molecule has 0 heterocycles. The van der Waals surface area contributed by atoms with Crippen LogP contribution in [-0.2, 0) is 11.8 Å². The van der Waals surface area contributed by atoms with E-state index in [1.54, 1.807) is 0 Å². The highest BCUT2D eigenvalue weighted by atomic mass is 19.4. The fourth-order valence-corrected chi connectivity index (χ4v) is 8.26. The van der Waals surface area contributed by atoms with E-state index in [0.717, 1.165) is 50.6 Å². The molecule has 0 aliphatic heterocycles. The number of hydrogen-bond donors (Lipinski definition) is 2. The maximum atomic E-state index is 15.9. The first-order valence-corrected chi connectivity index (χ1v) is 23.7. The Morgan fingerprint density at radius 3 is 0.815 bits per heavy atom. The molecule has 6 aromatic carbocycles. The molecule has 0 aromatic heterocycles. The third kappa shape index (κ3) is 10.5. The Bertz CT molecular complexity index is 3600. The molecular formula is C52H26F34N2O4. The number of fused-ring (bicyclic) bond motifs is 2. The average molecular weight is 1390 g/mol. The standard InChI is InChI=1S/C52H26F34N2O4/c1-91-27-9-3-23(33(89)17-27)19-87-31-13-5-21-15-25(37(53,54)39(57,58)41(61,62)43(65,66)45(69,70)47(73,74)49(77,78)51(81,82)83)7-11-29(21)35(31)36-30-12-8-26(16-22(30)6-14-32(36)88-20-24-4-10-28(92-2)18-34(24)90)38(55,56)40(59,60)42(63,64)44(67,68)46(71,72)48(75,76)50(79,80)52(84,85)86/h3-20,89-90H,1-2H3. The van der Waals surface area contributed by atoms with Gasteiger partial charge in [-0.25, -0.2) is 0 Å². The largest absolute Gasteiger partial charge is 0.507 e. The number of hydrogen-bond acceptors (Lipinski definition) is 6. The number of halogens is 34. The number of methoxy groups -OCH3 is 2. The van der Waals surface area contributed by atoms with Crippen LogP contribution >= 0.6 is 0 Å². The van der Waals surface area contributed by atoms with E-state index >= 15 is 52.7 Å². The number of phenols is 2. The normalized spacial score (nSPS) is 15.0. The Morgan fingerprint density at radius 2 is 0.565 bits per heavy atom. The van der Waals surface area contributed by atoms with E-state index < -0.39 is 197 Å². The summed E-state index contributed by atoms with van der Waals surface area (Å²) in [4.78, 5) is 8.06. The average Bonchev–Trinajstić information content (AvgIpc) is 0.702. The van der Waals surface area contributed by atoms with Gasteiger partial charge in [0.2, 0.25) is 0 Å². The number of alkyl halides is 34. The van der Waals surface area contributed by atoms with Gasteiger partial charge in [0, 0.05) is 57.9 Å². The number of rotatable bonds is 21.